The molecule has 4 heteroatoms. The standard InChI is InChI=1S/C13H18N2O2/c1-15(2)13(16)11-5-3-4-9(8-14)12(11)17-10-6-7-10/h3-5,10H,6-8,14H2,1-2H3. The van der Waals surface area contributed by atoms with Gasteiger partial charge < -0.3 is 15.4 Å². The third-order valence-corrected chi connectivity index (χ3v) is 2.76. The van der Waals surface area contributed by atoms with Gasteiger partial charge >= 0.3 is 0 Å². The summed E-state index contributed by atoms with van der Waals surface area (Å²) in [6, 6.07) is 5.54. The summed E-state index contributed by atoms with van der Waals surface area (Å²) in [4.78, 5) is 13.6. The Morgan fingerprint density at radius 2 is 2.18 bits per heavy atom. The third-order valence-electron chi connectivity index (χ3n) is 2.76. The highest BCUT2D eigenvalue weighted by atomic mass is 16.5. The number of benzene rings is 1. The monoisotopic (exact) mass is 234 g/mol. The Labute approximate surface area is 101 Å². The Morgan fingerprint density at radius 3 is 2.71 bits per heavy atom. The quantitative estimate of drug-likeness (QED) is 0.856. The number of carbonyl (C=O) groups is 1. The molecule has 1 aliphatic rings. The van der Waals surface area contributed by atoms with Crippen LogP contribution in [-0.2, 0) is 6.54 Å². The molecule has 0 aliphatic heterocycles. The minimum atomic E-state index is -0.0454. The van der Waals surface area contributed by atoms with Gasteiger partial charge in [0.25, 0.3) is 5.91 Å². The fraction of sp³-hybridized carbons (Fsp3) is 0.462. The summed E-state index contributed by atoms with van der Waals surface area (Å²) in [5.41, 5.74) is 7.18. The van der Waals surface area contributed by atoms with E-state index in [2.05, 4.69) is 0 Å². The van der Waals surface area contributed by atoms with Crippen LogP contribution < -0.4 is 10.5 Å². The predicted molar refractivity (Wildman–Crippen MR) is 66.0 cm³/mol. The summed E-state index contributed by atoms with van der Waals surface area (Å²) in [7, 11) is 3.47. The SMILES string of the molecule is CN(C)C(=O)c1cccc(CN)c1OC1CC1. The molecule has 2 rings (SSSR count). The van der Waals surface area contributed by atoms with Crippen LogP contribution in [0.15, 0.2) is 18.2 Å². The summed E-state index contributed by atoms with van der Waals surface area (Å²) in [5.74, 6) is 0.618. The highest BCUT2D eigenvalue weighted by Gasteiger charge is 2.27. The van der Waals surface area contributed by atoms with Crippen LogP contribution in [-0.4, -0.2) is 31.0 Å². The zero-order chi connectivity index (χ0) is 12.4. The molecule has 1 fully saturated rings. The lowest BCUT2D eigenvalue weighted by atomic mass is 10.1. The molecule has 1 saturated carbocycles. The first-order valence-corrected chi connectivity index (χ1v) is 5.83. The smallest absolute Gasteiger partial charge is 0.257 e. The molecular formula is C13H18N2O2. The number of ether oxygens (including phenoxy) is 1. The van der Waals surface area contributed by atoms with Gasteiger partial charge in [0.05, 0.1) is 11.7 Å². The molecule has 0 saturated heterocycles. The van der Waals surface area contributed by atoms with Crippen molar-refractivity contribution >= 4 is 5.91 Å². The molecule has 0 heterocycles. The minimum absolute atomic E-state index is 0.0454. The molecule has 0 unspecified atom stereocenters. The second-order valence-corrected chi connectivity index (χ2v) is 4.51. The molecule has 0 aromatic heterocycles. The Hall–Kier alpha value is -1.55. The molecule has 0 spiro atoms. The molecule has 0 bridgehead atoms. The van der Waals surface area contributed by atoms with E-state index in [1.54, 1.807) is 25.1 Å². The molecule has 1 amide bonds. The van der Waals surface area contributed by atoms with E-state index in [0.29, 0.717) is 17.9 Å². The average Bonchev–Trinajstić information content (AvgIpc) is 3.12. The van der Waals surface area contributed by atoms with E-state index in [0.717, 1.165) is 18.4 Å². The first-order chi connectivity index (χ1) is 8.13. The predicted octanol–water partition coefficient (Wildman–Crippen LogP) is 1.39. The van der Waals surface area contributed by atoms with E-state index in [-0.39, 0.29) is 12.0 Å². The van der Waals surface area contributed by atoms with E-state index in [4.69, 9.17) is 10.5 Å². The van der Waals surface area contributed by atoms with Crippen molar-refractivity contribution < 1.29 is 9.53 Å². The summed E-state index contributed by atoms with van der Waals surface area (Å²) in [5, 5.41) is 0. The van der Waals surface area contributed by atoms with Gasteiger partial charge in [-0.15, -0.1) is 0 Å². The topological polar surface area (TPSA) is 55.6 Å². The van der Waals surface area contributed by atoms with Crippen LogP contribution in [0.1, 0.15) is 28.8 Å². The van der Waals surface area contributed by atoms with Crippen LogP contribution in [0.2, 0.25) is 0 Å². The van der Waals surface area contributed by atoms with Gasteiger partial charge in [0.15, 0.2) is 0 Å². The Balaban J connectivity index is 2.37. The van der Waals surface area contributed by atoms with Crippen molar-refractivity contribution in [3.8, 4) is 5.75 Å². The molecule has 2 N–H and O–H groups in total. The zero-order valence-corrected chi connectivity index (χ0v) is 10.3. The summed E-state index contributed by atoms with van der Waals surface area (Å²) in [6.45, 7) is 0.386. The number of para-hydroxylation sites is 1. The lowest BCUT2D eigenvalue weighted by Gasteiger charge is -2.17. The van der Waals surface area contributed by atoms with E-state index >= 15 is 0 Å². The lowest BCUT2D eigenvalue weighted by molar-refractivity contribution is 0.0822. The number of carbonyl (C=O) groups excluding carboxylic acids is 1. The van der Waals surface area contributed by atoms with Gasteiger partial charge in [-0.05, 0) is 18.9 Å². The van der Waals surface area contributed by atoms with Crippen molar-refractivity contribution in [2.24, 2.45) is 5.73 Å². The van der Waals surface area contributed by atoms with Gasteiger partial charge in [-0.3, -0.25) is 4.79 Å². The van der Waals surface area contributed by atoms with Crippen molar-refractivity contribution in [3.63, 3.8) is 0 Å². The van der Waals surface area contributed by atoms with Gasteiger partial charge in [0.1, 0.15) is 5.75 Å². The van der Waals surface area contributed by atoms with Gasteiger partial charge in [0.2, 0.25) is 0 Å². The van der Waals surface area contributed by atoms with Crippen LogP contribution in [0.4, 0.5) is 0 Å². The van der Waals surface area contributed by atoms with E-state index in [9.17, 15) is 4.79 Å². The Morgan fingerprint density at radius 1 is 1.47 bits per heavy atom. The maximum Gasteiger partial charge on any atom is 0.257 e. The maximum atomic E-state index is 12.0. The molecular weight excluding hydrogens is 216 g/mol. The maximum absolute atomic E-state index is 12.0. The van der Waals surface area contributed by atoms with E-state index in [1.807, 2.05) is 12.1 Å². The van der Waals surface area contributed by atoms with Crippen LogP contribution in [0.25, 0.3) is 0 Å². The number of nitrogens with two attached hydrogens (primary N) is 1. The summed E-state index contributed by atoms with van der Waals surface area (Å²) in [6.07, 6.45) is 2.39. The largest absolute Gasteiger partial charge is 0.489 e. The lowest BCUT2D eigenvalue weighted by Crippen LogP contribution is -2.23. The fourth-order valence-corrected chi connectivity index (χ4v) is 1.65. The fourth-order valence-electron chi connectivity index (χ4n) is 1.65. The van der Waals surface area contributed by atoms with Gasteiger partial charge in [-0.1, -0.05) is 12.1 Å². The molecule has 1 aromatic carbocycles. The van der Waals surface area contributed by atoms with Crippen LogP contribution >= 0.6 is 0 Å². The van der Waals surface area contributed by atoms with E-state index in [1.165, 1.54) is 0 Å². The van der Waals surface area contributed by atoms with Gasteiger partial charge in [-0.25, -0.2) is 0 Å². The van der Waals surface area contributed by atoms with Crippen molar-refractivity contribution in [3.05, 3.63) is 29.3 Å². The van der Waals surface area contributed by atoms with Crippen molar-refractivity contribution in [2.75, 3.05) is 14.1 Å². The number of nitrogens with zero attached hydrogens (tertiary/aromatic N) is 1. The molecule has 4 nitrogen and oxygen atoms in total. The molecule has 0 atom stereocenters. The number of amides is 1. The van der Waals surface area contributed by atoms with E-state index < -0.39 is 0 Å². The summed E-state index contributed by atoms with van der Waals surface area (Å²) < 4.78 is 5.82. The normalized spacial score (nSPS) is 14.5. The average molecular weight is 234 g/mol. The minimum Gasteiger partial charge on any atom is -0.489 e. The highest BCUT2D eigenvalue weighted by Crippen LogP contribution is 2.32. The van der Waals surface area contributed by atoms with Crippen LogP contribution in [0.3, 0.4) is 0 Å². The first kappa shape index (κ1) is 11.9. The molecule has 92 valence electrons. The molecule has 0 radical (unpaired) electrons. The first-order valence-electron chi connectivity index (χ1n) is 5.83. The third kappa shape index (κ3) is 2.58. The van der Waals surface area contributed by atoms with Gasteiger partial charge in [-0.2, -0.15) is 0 Å². The Kier molecular flexibility index (Phi) is 3.33. The number of rotatable bonds is 4. The second kappa shape index (κ2) is 4.75. The van der Waals surface area contributed by atoms with Gasteiger partial charge in [0, 0.05) is 26.2 Å². The molecule has 1 aliphatic carbocycles. The number of hydrogen-bond acceptors (Lipinski definition) is 3. The second-order valence-electron chi connectivity index (χ2n) is 4.51. The van der Waals surface area contributed by atoms with Crippen molar-refractivity contribution in [2.45, 2.75) is 25.5 Å². The van der Waals surface area contributed by atoms with Crippen molar-refractivity contribution in [1.29, 1.82) is 0 Å². The highest BCUT2D eigenvalue weighted by molar-refractivity contribution is 5.97. The zero-order valence-electron chi connectivity index (χ0n) is 10.3. The Bertz CT molecular complexity index is 425. The summed E-state index contributed by atoms with van der Waals surface area (Å²) >= 11 is 0. The number of hydrogen-bond donors (Lipinski definition) is 1. The molecule has 1 aromatic rings. The van der Waals surface area contributed by atoms with Crippen LogP contribution in [0.5, 0.6) is 5.75 Å². The van der Waals surface area contributed by atoms with Crippen LogP contribution in [0, 0.1) is 0 Å². The molecule has 17 heavy (non-hydrogen) atoms. The van der Waals surface area contributed by atoms with Crippen molar-refractivity contribution in [1.82, 2.24) is 4.90 Å².